The van der Waals surface area contributed by atoms with Crippen LogP contribution in [0.25, 0.3) is 6.08 Å². The Labute approximate surface area is 137 Å². The number of nitrogens with zero attached hydrogens (tertiary/aromatic N) is 2. The highest BCUT2D eigenvalue weighted by Gasteiger charge is 2.12. The Morgan fingerprint density at radius 3 is 2.58 bits per heavy atom. The number of carbonyl (C=O) groups is 1. The van der Waals surface area contributed by atoms with Crippen molar-refractivity contribution in [3.05, 3.63) is 69.8 Å². The van der Waals surface area contributed by atoms with E-state index in [1.54, 1.807) is 24.3 Å². The molecule has 0 aliphatic carbocycles. The number of nitrogens with one attached hydrogen (secondary N) is 1. The molecule has 120 valence electrons. The topological polar surface area (TPSA) is 105 Å². The van der Waals surface area contributed by atoms with Gasteiger partial charge in [-0.25, -0.2) is 0 Å². The Kier molecular flexibility index (Phi) is 5.26. The van der Waals surface area contributed by atoms with E-state index < -0.39 is 10.8 Å². The van der Waals surface area contributed by atoms with Crippen LogP contribution >= 0.6 is 0 Å². The molecule has 0 aliphatic heterocycles. The summed E-state index contributed by atoms with van der Waals surface area (Å²) in [7, 11) is 1.54. The second-order valence-corrected chi connectivity index (χ2v) is 4.70. The molecule has 2 aromatic rings. The Morgan fingerprint density at radius 1 is 1.29 bits per heavy atom. The van der Waals surface area contributed by atoms with Crippen molar-refractivity contribution in [2.24, 2.45) is 0 Å². The molecule has 1 amide bonds. The number of hydrogen-bond donors (Lipinski definition) is 1. The van der Waals surface area contributed by atoms with Gasteiger partial charge in [-0.2, -0.15) is 5.26 Å². The molecule has 0 spiro atoms. The third kappa shape index (κ3) is 4.18. The molecule has 0 unspecified atom stereocenters. The van der Waals surface area contributed by atoms with Crippen molar-refractivity contribution in [1.82, 2.24) is 0 Å². The van der Waals surface area contributed by atoms with Gasteiger partial charge in [0.15, 0.2) is 0 Å². The summed E-state index contributed by atoms with van der Waals surface area (Å²) in [6, 6.07) is 14.1. The van der Waals surface area contributed by atoms with Gasteiger partial charge in [0.05, 0.1) is 12.0 Å². The van der Waals surface area contributed by atoms with Gasteiger partial charge in [0, 0.05) is 17.8 Å². The first-order valence-corrected chi connectivity index (χ1v) is 6.85. The Balaban J connectivity index is 2.19. The van der Waals surface area contributed by atoms with Crippen LogP contribution in [0.2, 0.25) is 0 Å². The fourth-order valence-corrected chi connectivity index (χ4v) is 1.91. The lowest BCUT2D eigenvalue weighted by molar-refractivity contribution is -0.384. The monoisotopic (exact) mass is 323 g/mol. The maximum Gasteiger partial charge on any atom is 0.271 e. The fraction of sp³-hybridized carbons (Fsp3) is 0.0588. The molecule has 0 saturated carbocycles. The smallest absolute Gasteiger partial charge is 0.271 e. The number of ether oxygens (including phenoxy) is 1. The van der Waals surface area contributed by atoms with Crippen LogP contribution < -0.4 is 10.1 Å². The Bertz CT molecular complexity index is 836. The quantitative estimate of drug-likeness (QED) is 0.394. The second kappa shape index (κ2) is 7.56. The first-order chi connectivity index (χ1) is 11.5. The number of anilines is 1. The van der Waals surface area contributed by atoms with Crippen LogP contribution in [0.15, 0.2) is 54.1 Å². The number of hydrogen-bond acceptors (Lipinski definition) is 5. The fourth-order valence-electron chi connectivity index (χ4n) is 1.91. The number of rotatable bonds is 5. The highest BCUT2D eigenvalue weighted by atomic mass is 16.6. The van der Waals surface area contributed by atoms with E-state index in [9.17, 15) is 14.9 Å². The van der Waals surface area contributed by atoms with E-state index in [0.717, 1.165) is 0 Å². The normalized spacial score (nSPS) is 10.6. The van der Waals surface area contributed by atoms with Crippen LogP contribution in [0.5, 0.6) is 5.75 Å². The van der Waals surface area contributed by atoms with Crippen molar-refractivity contribution in [1.29, 1.82) is 5.26 Å². The standard InChI is InChI=1S/C17H13N3O4/c1-24-16-7-5-12(6-8-16)9-13(11-18)17(21)19-14-3-2-4-15(10-14)20(22)23/h2-10H,1H3,(H,19,21)/b13-9+. The van der Waals surface area contributed by atoms with Crippen LogP contribution in [-0.4, -0.2) is 17.9 Å². The molecule has 0 radical (unpaired) electrons. The van der Waals surface area contributed by atoms with Gasteiger partial charge in [0.25, 0.3) is 11.6 Å². The second-order valence-electron chi connectivity index (χ2n) is 4.70. The van der Waals surface area contributed by atoms with E-state index in [2.05, 4.69) is 5.32 Å². The lowest BCUT2D eigenvalue weighted by Gasteiger charge is -2.04. The van der Waals surface area contributed by atoms with Crippen molar-refractivity contribution < 1.29 is 14.5 Å². The van der Waals surface area contributed by atoms with Crippen molar-refractivity contribution in [2.45, 2.75) is 0 Å². The SMILES string of the molecule is COc1ccc(/C=C(\C#N)C(=O)Nc2cccc([N+](=O)[O-])c2)cc1. The van der Waals surface area contributed by atoms with Crippen LogP contribution in [0, 0.1) is 21.4 Å². The number of nitro benzene ring substituents is 1. The minimum atomic E-state index is -0.645. The summed E-state index contributed by atoms with van der Waals surface area (Å²) in [6.07, 6.45) is 1.42. The third-order valence-electron chi connectivity index (χ3n) is 3.11. The van der Waals surface area contributed by atoms with Gasteiger partial charge in [0.1, 0.15) is 17.4 Å². The maximum atomic E-state index is 12.2. The molecular formula is C17H13N3O4. The van der Waals surface area contributed by atoms with Crippen LogP contribution in [0.1, 0.15) is 5.56 Å². The van der Waals surface area contributed by atoms with Gasteiger partial charge < -0.3 is 10.1 Å². The molecule has 0 heterocycles. The van der Waals surface area contributed by atoms with Gasteiger partial charge in [-0.1, -0.05) is 18.2 Å². The molecule has 7 nitrogen and oxygen atoms in total. The summed E-state index contributed by atoms with van der Waals surface area (Å²) in [5.74, 6) is 0.0144. The van der Waals surface area contributed by atoms with E-state index in [1.165, 1.54) is 37.5 Å². The lowest BCUT2D eigenvalue weighted by Crippen LogP contribution is -2.13. The predicted octanol–water partition coefficient (Wildman–Crippen LogP) is 3.15. The molecule has 2 rings (SSSR count). The van der Waals surface area contributed by atoms with E-state index >= 15 is 0 Å². The molecule has 1 N–H and O–H groups in total. The zero-order valence-electron chi connectivity index (χ0n) is 12.7. The zero-order chi connectivity index (χ0) is 17.5. The molecule has 0 saturated heterocycles. The number of benzene rings is 2. The van der Waals surface area contributed by atoms with Gasteiger partial charge >= 0.3 is 0 Å². The summed E-state index contributed by atoms with van der Waals surface area (Å²) < 4.78 is 5.04. The summed E-state index contributed by atoms with van der Waals surface area (Å²) in [4.78, 5) is 22.3. The first kappa shape index (κ1) is 16.7. The van der Waals surface area contributed by atoms with Crippen molar-refractivity contribution >= 4 is 23.4 Å². The summed E-state index contributed by atoms with van der Waals surface area (Å²) in [5.41, 5.74) is 0.628. The summed E-state index contributed by atoms with van der Waals surface area (Å²) in [5, 5.41) is 22.4. The Morgan fingerprint density at radius 2 is 2.00 bits per heavy atom. The maximum absolute atomic E-state index is 12.2. The minimum absolute atomic E-state index is 0.119. The summed E-state index contributed by atoms with van der Waals surface area (Å²) >= 11 is 0. The number of methoxy groups -OCH3 is 1. The average molecular weight is 323 g/mol. The number of non-ortho nitro benzene ring substituents is 1. The van der Waals surface area contributed by atoms with Gasteiger partial charge in [-0.05, 0) is 29.8 Å². The number of amides is 1. The van der Waals surface area contributed by atoms with Crippen LogP contribution in [0.3, 0.4) is 0 Å². The van der Waals surface area contributed by atoms with Gasteiger partial charge in [0.2, 0.25) is 0 Å². The Hall–Kier alpha value is -3.66. The zero-order valence-corrected chi connectivity index (χ0v) is 12.7. The van der Waals surface area contributed by atoms with Crippen LogP contribution in [-0.2, 0) is 4.79 Å². The van der Waals surface area contributed by atoms with Crippen LogP contribution in [0.4, 0.5) is 11.4 Å². The molecular weight excluding hydrogens is 310 g/mol. The molecule has 2 aromatic carbocycles. The van der Waals surface area contributed by atoms with E-state index in [4.69, 9.17) is 10.00 Å². The van der Waals surface area contributed by atoms with Crippen molar-refractivity contribution in [2.75, 3.05) is 12.4 Å². The third-order valence-corrected chi connectivity index (χ3v) is 3.11. The predicted molar refractivity (Wildman–Crippen MR) is 88.3 cm³/mol. The molecule has 0 fully saturated rings. The summed E-state index contributed by atoms with van der Waals surface area (Å²) in [6.45, 7) is 0. The average Bonchev–Trinajstić information content (AvgIpc) is 2.60. The van der Waals surface area contributed by atoms with Gasteiger partial charge in [-0.3, -0.25) is 14.9 Å². The number of carbonyl (C=O) groups excluding carboxylic acids is 1. The molecule has 24 heavy (non-hydrogen) atoms. The molecule has 0 aliphatic rings. The highest BCUT2D eigenvalue weighted by Crippen LogP contribution is 2.18. The lowest BCUT2D eigenvalue weighted by atomic mass is 10.1. The van der Waals surface area contributed by atoms with Crippen molar-refractivity contribution in [3.63, 3.8) is 0 Å². The molecule has 0 bridgehead atoms. The van der Waals surface area contributed by atoms with E-state index in [1.807, 2.05) is 6.07 Å². The first-order valence-electron chi connectivity index (χ1n) is 6.85. The number of nitro groups is 1. The van der Waals surface area contributed by atoms with E-state index in [-0.39, 0.29) is 16.9 Å². The largest absolute Gasteiger partial charge is 0.497 e. The highest BCUT2D eigenvalue weighted by molar-refractivity contribution is 6.09. The van der Waals surface area contributed by atoms with Crippen molar-refractivity contribution in [3.8, 4) is 11.8 Å². The molecule has 0 atom stereocenters. The number of nitriles is 1. The van der Waals surface area contributed by atoms with E-state index in [0.29, 0.717) is 11.3 Å². The molecule has 7 heteroatoms. The van der Waals surface area contributed by atoms with Gasteiger partial charge in [-0.15, -0.1) is 0 Å². The minimum Gasteiger partial charge on any atom is -0.497 e. The molecule has 0 aromatic heterocycles.